The van der Waals surface area contributed by atoms with Crippen molar-refractivity contribution in [2.45, 2.75) is 239 Å². The average molecular weight is 1130 g/mol. The lowest BCUT2D eigenvalue weighted by Crippen LogP contribution is -2.56. The molecule has 5 aliphatic rings. The third-order valence-corrected chi connectivity index (χ3v) is 17.4. The van der Waals surface area contributed by atoms with E-state index < -0.39 is 133 Å². The lowest BCUT2D eigenvalue weighted by atomic mass is 9.74. The highest BCUT2D eigenvalue weighted by molar-refractivity contribution is 5.94. The van der Waals surface area contributed by atoms with Crippen molar-refractivity contribution in [2.75, 3.05) is 27.4 Å². The third-order valence-electron chi connectivity index (χ3n) is 17.4. The van der Waals surface area contributed by atoms with Crippen molar-refractivity contribution in [1.82, 2.24) is 10.2 Å². The van der Waals surface area contributed by atoms with Gasteiger partial charge in [-0.2, -0.15) is 0 Å². The average Bonchev–Trinajstić information content (AvgIpc) is 3.63. The number of carbonyl (C=O) groups is 4. The molecule has 0 aromatic heterocycles. The molecular weight excluding hydrogens is 1030 g/mol. The van der Waals surface area contributed by atoms with Crippen LogP contribution in [0, 0.1) is 47.3 Å². The number of nitrogens with zero attached hydrogens (tertiary/aromatic N) is 2. The van der Waals surface area contributed by atoms with Crippen LogP contribution in [-0.2, 0) is 61.9 Å². The second kappa shape index (κ2) is 28.7. The Labute approximate surface area is 474 Å². The van der Waals surface area contributed by atoms with Gasteiger partial charge in [0.2, 0.25) is 0 Å². The molecule has 0 radical (unpaired) electrons. The first-order chi connectivity index (χ1) is 37.6. The van der Waals surface area contributed by atoms with Gasteiger partial charge in [0.1, 0.15) is 37.1 Å². The highest BCUT2D eigenvalue weighted by atomic mass is 16.7. The largest absolute Gasteiger partial charge is 0.461 e. The summed E-state index contributed by atoms with van der Waals surface area (Å²) in [5, 5.41) is 42.4. The van der Waals surface area contributed by atoms with Crippen molar-refractivity contribution in [3.63, 3.8) is 0 Å². The third kappa shape index (κ3) is 16.1. The minimum absolute atomic E-state index is 0.0149. The van der Waals surface area contributed by atoms with Gasteiger partial charge < -0.3 is 68.1 Å². The molecule has 80 heavy (non-hydrogen) atoms. The highest BCUT2D eigenvalue weighted by Crippen LogP contribution is 2.40. The number of amides is 1. The van der Waals surface area contributed by atoms with E-state index in [1.807, 2.05) is 73.6 Å². The molecule has 1 amide bonds. The van der Waals surface area contributed by atoms with Gasteiger partial charge in [0.15, 0.2) is 24.7 Å². The number of ketones is 1. The summed E-state index contributed by atoms with van der Waals surface area (Å²) >= 11 is 0. The van der Waals surface area contributed by atoms with Crippen molar-refractivity contribution < 1.29 is 82.0 Å². The molecule has 1 aromatic rings. The zero-order chi connectivity index (χ0) is 59.1. The Morgan fingerprint density at radius 2 is 1.49 bits per heavy atom. The number of rotatable bonds is 16. The van der Waals surface area contributed by atoms with Crippen LogP contribution in [0.15, 0.2) is 35.5 Å². The zero-order valence-corrected chi connectivity index (χ0v) is 50.4. The summed E-state index contributed by atoms with van der Waals surface area (Å²) in [6.45, 7) is 25.9. The second-order valence-electron chi connectivity index (χ2n) is 24.9. The molecule has 4 aliphatic heterocycles. The van der Waals surface area contributed by atoms with E-state index in [0.29, 0.717) is 24.2 Å². The van der Waals surface area contributed by atoms with Crippen molar-refractivity contribution in [3.8, 4) is 0 Å². The van der Waals surface area contributed by atoms with Crippen molar-refractivity contribution in [1.29, 1.82) is 0 Å². The molecule has 1 aromatic carbocycles. The van der Waals surface area contributed by atoms with E-state index in [2.05, 4.69) is 22.3 Å². The fraction of sp³-hybridized carbons (Fsp3) is 0.817. The van der Waals surface area contributed by atoms with Gasteiger partial charge in [-0.25, -0.2) is 0 Å². The van der Waals surface area contributed by atoms with E-state index >= 15 is 9.59 Å². The highest BCUT2D eigenvalue weighted by Gasteiger charge is 2.51. The Kier molecular flexibility index (Phi) is 23.5. The van der Waals surface area contributed by atoms with Gasteiger partial charge in [0, 0.05) is 80.3 Å². The first kappa shape index (κ1) is 65.5. The summed E-state index contributed by atoms with van der Waals surface area (Å²) in [5.41, 5.74) is -1.12. The summed E-state index contributed by atoms with van der Waals surface area (Å²) in [6, 6.07) is 9.30. The topological polar surface area (TPSA) is 249 Å². The Morgan fingerprint density at radius 1 is 0.812 bits per heavy atom. The summed E-state index contributed by atoms with van der Waals surface area (Å²) < 4.78 is 58.4. The van der Waals surface area contributed by atoms with E-state index in [4.69, 9.17) is 47.5 Å². The van der Waals surface area contributed by atoms with Gasteiger partial charge in [0.25, 0.3) is 5.91 Å². The van der Waals surface area contributed by atoms with Crippen LogP contribution in [0.25, 0.3) is 0 Å². The van der Waals surface area contributed by atoms with Gasteiger partial charge in [-0.1, -0.05) is 78.7 Å². The van der Waals surface area contributed by atoms with Gasteiger partial charge in [-0.05, 0) is 84.8 Å². The number of Topliss-reactive ketones (excluding diaryl/α,β-unsaturated/α-hetero) is 1. The summed E-state index contributed by atoms with van der Waals surface area (Å²) in [6.07, 6.45) is -9.37. The van der Waals surface area contributed by atoms with Gasteiger partial charge in [-0.3, -0.25) is 24.1 Å². The molecule has 5 fully saturated rings. The van der Waals surface area contributed by atoms with Crippen LogP contribution in [-0.4, -0.2) is 181 Å². The molecule has 0 bridgehead atoms. The SMILES string of the molecule is CO/N=C1\C[C@@H](C)O[C@@H](O[C@@H]2[C@@H](C)[C@H](O[C@H]3CC(C)N(C4CC(NC(=O)c5ccccc5)C4)C[C@H](C)O3)[C@@H](C)C(=O)O[C@H]([C@@H](C)CO[C@@H]3O[C@H](C)[C@@H](O)[C@@H](C)[C@H]3OC)[C@H](C)[C@@H](OC(=O)CC(C)C)[C@@H](C)C(=O)[C@@](C)(O)C[C@@H]2C)[C@@H]1O. The fourth-order valence-electron chi connectivity index (χ4n) is 12.9. The molecule has 22 atom stereocenters. The van der Waals surface area contributed by atoms with Crippen LogP contribution in [0.4, 0.5) is 0 Å². The minimum atomic E-state index is -2.04. The van der Waals surface area contributed by atoms with E-state index in [9.17, 15) is 24.9 Å². The fourth-order valence-corrected chi connectivity index (χ4v) is 12.9. The van der Waals surface area contributed by atoms with E-state index in [1.165, 1.54) is 21.1 Å². The molecule has 0 spiro atoms. The number of cyclic esters (lactones) is 1. The number of aliphatic hydroxyl groups excluding tert-OH is 2. The number of aliphatic hydroxyl groups is 3. The molecule has 454 valence electrons. The molecule has 6 rings (SSSR count). The molecule has 20 heteroatoms. The molecular formula is C60H97N3O17. The number of nitrogens with one attached hydrogen (secondary N) is 1. The standard InChI is InChI=1S/C60H97N3O17/c1-30(2)22-46(64)77-52-38(10)51(32(4)29-73-59-54(71-15)36(8)48(65)41(13)76-59)79-57(69)40(12)53(78-47-23-33(5)63(28-35(7)74-47)44-25-43(26-44)61-56(68)42-20-18-17-19-21-42)37(9)50(31(3)27-60(14,70)55(67)39(52)11)80-58-49(66)45(62-72-16)24-34(6)75-58/h17-21,30-41,43-44,47-54,58-59,65-66,70H,22-29H2,1-16H3,(H,61,68)/b62-45+/t31-,32-,33?,34+,35-,36+,37+,38-,39+,40+,41+,43?,44?,47-,48-,49+,50-,51+,52+,53-,54+,58-,59+,60-/m0/s1. The number of oxime groups is 1. The quantitative estimate of drug-likeness (QED) is 0.106. The monoisotopic (exact) mass is 1130 g/mol. The van der Waals surface area contributed by atoms with Crippen molar-refractivity contribution in [3.05, 3.63) is 35.9 Å². The maximum absolute atomic E-state index is 15.4. The lowest BCUT2D eigenvalue weighted by Gasteiger charge is -2.45. The van der Waals surface area contributed by atoms with Crippen LogP contribution >= 0.6 is 0 Å². The minimum Gasteiger partial charge on any atom is -0.461 e. The van der Waals surface area contributed by atoms with Crippen LogP contribution in [0.1, 0.15) is 146 Å². The second-order valence-corrected chi connectivity index (χ2v) is 24.9. The molecule has 1 aliphatic carbocycles. The molecule has 4 heterocycles. The first-order valence-electron chi connectivity index (χ1n) is 29.3. The van der Waals surface area contributed by atoms with Crippen molar-refractivity contribution >= 4 is 29.3 Å². The van der Waals surface area contributed by atoms with Gasteiger partial charge in [-0.15, -0.1) is 0 Å². The number of methoxy groups -OCH3 is 1. The van der Waals surface area contributed by atoms with E-state index in [0.717, 1.165) is 12.8 Å². The number of esters is 2. The number of hydrogen-bond acceptors (Lipinski definition) is 19. The lowest BCUT2D eigenvalue weighted by molar-refractivity contribution is -0.288. The summed E-state index contributed by atoms with van der Waals surface area (Å²) in [4.78, 5) is 64.8. The molecule has 4 saturated heterocycles. The van der Waals surface area contributed by atoms with Crippen LogP contribution in [0.3, 0.4) is 0 Å². The predicted molar refractivity (Wildman–Crippen MR) is 296 cm³/mol. The summed E-state index contributed by atoms with van der Waals surface area (Å²) in [7, 11) is 2.90. The van der Waals surface area contributed by atoms with Gasteiger partial charge in [0.05, 0.1) is 60.8 Å². The first-order valence-corrected chi connectivity index (χ1v) is 29.3. The number of ether oxygens (including phenoxy) is 9. The normalized spacial score (nSPS) is 41.9. The Morgan fingerprint density at radius 3 is 2.12 bits per heavy atom. The Balaban J connectivity index is 1.38. The smallest absolute Gasteiger partial charge is 0.311 e. The van der Waals surface area contributed by atoms with E-state index in [-0.39, 0.29) is 67.8 Å². The maximum atomic E-state index is 15.4. The Bertz CT molecular complexity index is 2200. The number of benzene rings is 1. The number of hydrogen-bond donors (Lipinski definition) is 4. The molecule has 4 N–H and O–H groups in total. The summed E-state index contributed by atoms with van der Waals surface area (Å²) in [5.74, 6) is -7.44. The van der Waals surface area contributed by atoms with Gasteiger partial charge >= 0.3 is 11.9 Å². The predicted octanol–water partition coefficient (Wildman–Crippen LogP) is 6.22. The molecule has 20 nitrogen and oxygen atoms in total. The van der Waals surface area contributed by atoms with E-state index in [1.54, 1.807) is 39.8 Å². The van der Waals surface area contributed by atoms with Crippen LogP contribution < -0.4 is 5.32 Å². The van der Waals surface area contributed by atoms with Crippen LogP contribution in [0.2, 0.25) is 0 Å². The number of carbonyl (C=O) groups excluding carboxylic acids is 4. The van der Waals surface area contributed by atoms with Crippen LogP contribution in [0.5, 0.6) is 0 Å². The zero-order valence-electron chi connectivity index (χ0n) is 50.4. The molecule has 1 unspecified atom stereocenters. The molecule has 1 saturated carbocycles. The Hall–Kier alpha value is -3.67. The van der Waals surface area contributed by atoms with Crippen molar-refractivity contribution in [2.24, 2.45) is 52.5 Å². The maximum Gasteiger partial charge on any atom is 0.311 e.